The van der Waals surface area contributed by atoms with Crippen molar-refractivity contribution in [2.75, 3.05) is 6.54 Å². The highest BCUT2D eigenvalue weighted by molar-refractivity contribution is 5.78. The predicted octanol–water partition coefficient (Wildman–Crippen LogP) is 0.164. The molecule has 0 spiro atoms. The minimum Gasteiger partial charge on any atom is -0.355 e. The van der Waals surface area contributed by atoms with Crippen LogP contribution in [0.2, 0.25) is 0 Å². The quantitative estimate of drug-likeness (QED) is 0.779. The fourth-order valence-corrected chi connectivity index (χ4v) is 2.14. The van der Waals surface area contributed by atoms with Gasteiger partial charge in [-0.05, 0) is 19.3 Å². The summed E-state index contributed by atoms with van der Waals surface area (Å²) >= 11 is 0. The molecule has 1 aliphatic carbocycles. The third-order valence-electron chi connectivity index (χ3n) is 3.06. The molecule has 1 amide bonds. The maximum absolute atomic E-state index is 11.8. The van der Waals surface area contributed by atoms with Gasteiger partial charge in [0.05, 0.1) is 0 Å². The average Bonchev–Trinajstić information content (AvgIpc) is 2.88. The van der Waals surface area contributed by atoms with Crippen molar-refractivity contribution < 1.29 is 9.32 Å². The Morgan fingerprint density at radius 2 is 2.41 bits per heavy atom. The van der Waals surface area contributed by atoms with Crippen molar-refractivity contribution in [3.05, 3.63) is 11.7 Å². The molecule has 17 heavy (non-hydrogen) atoms. The molecular formula is C11H18N4O2. The van der Waals surface area contributed by atoms with Crippen LogP contribution in [0.15, 0.2) is 4.52 Å². The Morgan fingerprint density at radius 1 is 1.59 bits per heavy atom. The summed E-state index contributed by atoms with van der Waals surface area (Å²) in [4.78, 5) is 15.8. The number of aryl methyl sites for hydroxylation is 1. The van der Waals surface area contributed by atoms with E-state index in [0.29, 0.717) is 24.7 Å². The smallest absolute Gasteiger partial charge is 0.223 e. The first-order valence-corrected chi connectivity index (χ1v) is 5.97. The number of nitrogens with one attached hydrogen (secondary N) is 1. The highest BCUT2D eigenvalue weighted by atomic mass is 16.5. The SMILES string of the molecule is Cc1nc(CCNC(=O)C2CCC(N)C2)no1. The Balaban J connectivity index is 1.70. The second kappa shape index (κ2) is 5.27. The van der Waals surface area contributed by atoms with Crippen molar-refractivity contribution in [2.24, 2.45) is 11.7 Å². The second-order valence-corrected chi connectivity index (χ2v) is 4.54. The molecule has 0 radical (unpaired) electrons. The Morgan fingerprint density at radius 3 is 3.00 bits per heavy atom. The zero-order chi connectivity index (χ0) is 12.3. The van der Waals surface area contributed by atoms with Crippen LogP contribution in [0, 0.1) is 12.8 Å². The maximum Gasteiger partial charge on any atom is 0.223 e. The van der Waals surface area contributed by atoms with Gasteiger partial charge < -0.3 is 15.6 Å². The van der Waals surface area contributed by atoms with Crippen LogP contribution in [0.25, 0.3) is 0 Å². The molecular weight excluding hydrogens is 220 g/mol. The molecule has 1 saturated carbocycles. The summed E-state index contributed by atoms with van der Waals surface area (Å²) in [5.41, 5.74) is 5.77. The number of hydrogen-bond acceptors (Lipinski definition) is 5. The highest BCUT2D eigenvalue weighted by Gasteiger charge is 2.27. The summed E-state index contributed by atoms with van der Waals surface area (Å²) in [7, 11) is 0. The van der Waals surface area contributed by atoms with Crippen molar-refractivity contribution in [3.8, 4) is 0 Å². The fraction of sp³-hybridized carbons (Fsp3) is 0.727. The lowest BCUT2D eigenvalue weighted by molar-refractivity contribution is -0.124. The van der Waals surface area contributed by atoms with Crippen molar-refractivity contribution >= 4 is 5.91 Å². The van der Waals surface area contributed by atoms with Crippen LogP contribution in [-0.4, -0.2) is 28.6 Å². The fourth-order valence-electron chi connectivity index (χ4n) is 2.14. The molecule has 6 nitrogen and oxygen atoms in total. The summed E-state index contributed by atoms with van der Waals surface area (Å²) < 4.78 is 4.85. The third kappa shape index (κ3) is 3.26. The summed E-state index contributed by atoms with van der Waals surface area (Å²) in [6.45, 7) is 2.29. The predicted molar refractivity (Wildman–Crippen MR) is 61.1 cm³/mol. The molecule has 1 aromatic rings. The Bertz CT molecular complexity index is 391. The Kier molecular flexibility index (Phi) is 3.73. The largest absolute Gasteiger partial charge is 0.355 e. The van der Waals surface area contributed by atoms with Gasteiger partial charge in [0.25, 0.3) is 0 Å². The summed E-state index contributed by atoms with van der Waals surface area (Å²) in [6, 6.07) is 0.186. The van der Waals surface area contributed by atoms with Crippen LogP contribution in [0.3, 0.4) is 0 Å². The number of nitrogens with zero attached hydrogens (tertiary/aromatic N) is 2. The molecule has 2 atom stereocenters. The molecule has 1 aromatic heterocycles. The molecule has 1 fully saturated rings. The van der Waals surface area contributed by atoms with Gasteiger partial charge in [-0.1, -0.05) is 5.16 Å². The van der Waals surface area contributed by atoms with Gasteiger partial charge in [0, 0.05) is 31.8 Å². The molecule has 2 unspecified atom stereocenters. The number of aromatic nitrogens is 2. The second-order valence-electron chi connectivity index (χ2n) is 4.54. The van der Waals surface area contributed by atoms with E-state index in [1.54, 1.807) is 6.92 Å². The van der Waals surface area contributed by atoms with Gasteiger partial charge in [0.2, 0.25) is 11.8 Å². The standard InChI is InChI=1S/C11H18N4O2/c1-7-14-10(15-17-7)4-5-13-11(16)8-2-3-9(12)6-8/h8-9H,2-6,12H2,1H3,(H,13,16). The van der Waals surface area contributed by atoms with Crippen LogP contribution < -0.4 is 11.1 Å². The van der Waals surface area contributed by atoms with E-state index in [4.69, 9.17) is 10.3 Å². The van der Waals surface area contributed by atoms with E-state index in [1.807, 2.05) is 0 Å². The van der Waals surface area contributed by atoms with E-state index in [1.165, 1.54) is 0 Å². The van der Waals surface area contributed by atoms with Crippen LogP contribution in [0.4, 0.5) is 0 Å². The number of rotatable bonds is 4. The van der Waals surface area contributed by atoms with Crippen LogP contribution >= 0.6 is 0 Å². The van der Waals surface area contributed by atoms with Gasteiger partial charge in [-0.15, -0.1) is 0 Å². The van der Waals surface area contributed by atoms with Gasteiger partial charge in [0.1, 0.15) is 0 Å². The average molecular weight is 238 g/mol. The van der Waals surface area contributed by atoms with Crippen molar-refractivity contribution in [3.63, 3.8) is 0 Å². The maximum atomic E-state index is 11.8. The van der Waals surface area contributed by atoms with Gasteiger partial charge in [-0.3, -0.25) is 4.79 Å². The Labute approximate surface area is 99.9 Å². The zero-order valence-corrected chi connectivity index (χ0v) is 9.98. The number of carbonyl (C=O) groups excluding carboxylic acids is 1. The number of hydrogen-bond donors (Lipinski definition) is 2. The summed E-state index contributed by atoms with van der Waals surface area (Å²) in [6.07, 6.45) is 3.24. The van der Waals surface area contributed by atoms with E-state index in [-0.39, 0.29) is 17.9 Å². The lowest BCUT2D eigenvalue weighted by Crippen LogP contribution is -2.32. The first kappa shape index (κ1) is 12.0. The minimum atomic E-state index is 0.0806. The monoisotopic (exact) mass is 238 g/mol. The van der Waals surface area contributed by atoms with E-state index in [9.17, 15) is 4.79 Å². The van der Waals surface area contributed by atoms with Crippen molar-refractivity contribution in [1.82, 2.24) is 15.5 Å². The molecule has 94 valence electrons. The molecule has 0 saturated heterocycles. The molecule has 0 bridgehead atoms. The van der Waals surface area contributed by atoms with Gasteiger partial charge in [-0.2, -0.15) is 4.98 Å². The first-order chi connectivity index (χ1) is 8.15. The normalized spacial score (nSPS) is 23.9. The van der Waals surface area contributed by atoms with Gasteiger partial charge in [0.15, 0.2) is 5.82 Å². The molecule has 1 aliphatic rings. The van der Waals surface area contributed by atoms with Gasteiger partial charge in [-0.25, -0.2) is 0 Å². The van der Waals surface area contributed by atoms with Crippen LogP contribution in [0.5, 0.6) is 0 Å². The molecule has 0 aromatic carbocycles. The molecule has 3 N–H and O–H groups in total. The van der Waals surface area contributed by atoms with Crippen LogP contribution in [-0.2, 0) is 11.2 Å². The number of carbonyl (C=O) groups is 1. The number of nitrogens with two attached hydrogens (primary N) is 1. The zero-order valence-electron chi connectivity index (χ0n) is 9.98. The van der Waals surface area contributed by atoms with Gasteiger partial charge >= 0.3 is 0 Å². The lowest BCUT2D eigenvalue weighted by atomic mass is 10.1. The summed E-state index contributed by atoms with van der Waals surface area (Å²) in [5, 5.41) is 6.65. The lowest BCUT2D eigenvalue weighted by Gasteiger charge is -2.09. The third-order valence-corrected chi connectivity index (χ3v) is 3.06. The molecule has 1 heterocycles. The van der Waals surface area contributed by atoms with Crippen molar-refractivity contribution in [1.29, 1.82) is 0 Å². The van der Waals surface area contributed by atoms with E-state index in [0.717, 1.165) is 19.3 Å². The van der Waals surface area contributed by atoms with E-state index >= 15 is 0 Å². The molecule has 6 heteroatoms. The highest BCUT2D eigenvalue weighted by Crippen LogP contribution is 2.23. The first-order valence-electron chi connectivity index (χ1n) is 5.97. The van der Waals surface area contributed by atoms with E-state index in [2.05, 4.69) is 15.5 Å². The minimum absolute atomic E-state index is 0.0806. The van der Waals surface area contributed by atoms with Crippen LogP contribution in [0.1, 0.15) is 31.0 Å². The topological polar surface area (TPSA) is 94.0 Å². The Hall–Kier alpha value is -1.43. The van der Waals surface area contributed by atoms with Crippen molar-refractivity contribution in [2.45, 2.75) is 38.6 Å². The molecule has 2 rings (SSSR count). The number of amides is 1. The summed E-state index contributed by atoms with van der Waals surface area (Å²) in [5.74, 6) is 1.36. The van der Waals surface area contributed by atoms with E-state index < -0.39 is 0 Å². The molecule has 0 aliphatic heterocycles.